The molecule has 0 radical (unpaired) electrons. The summed E-state index contributed by atoms with van der Waals surface area (Å²) in [5, 5.41) is 13.3. The minimum absolute atomic E-state index is 0.236. The summed E-state index contributed by atoms with van der Waals surface area (Å²) in [5.74, 6) is -1.95. The molecule has 0 bridgehead atoms. The number of carboxylic acid groups (broad SMARTS) is 1. The summed E-state index contributed by atoms with van der Waals surface area (Å²) in [7, 11) is 0. The van der Waals surface area contributed by atoms with Crippen LogP contribution in [-0.2, 0) is 13.0 Å². The molecule has 0 amide bonds. The standard InChI is InChI=1S/C15H17FN2O2/c1-4-12-9(2)17-18(10(12)3)8-11-6-5-7-13(14(11)16)15(19)20/h5-7H,4,8H2,1-3H3,(H,19,20). The third-order valence-electron chi connectivity index (χ3n) is 3.51. The van der Waals surface area contributed by atoms with E-state index >= 15 is 0 Å². The average Bonchev–Trinajstić information content (AvgIpc) is 2.66. The number of halogens is 1. The van der Waals surface area contributed by atoms with E-state index in [0.29, 0.717) is 5.56 Å². The Morgan fingerprint density at radius 2 is 2.10 bits per heavy atom. The van der Waals surface area contributed by atoms with Crippen LogP contribution in [-0.4, -0.2) is 20.9 Å². The summed E-state index contributed by atoms with van der Waals surface area (Å²) in [6.45, 7) is 6.15. The molecule has 0 saturated heterocycles. The maximum Gasteiger partial charge on any atom is 0.338 e. The lowest BCUT2D eigenvalue weighted by Crippen LogP contribution is -2.09. The van der Waals surface area contributed by atoms with Gasteiger partial charge in [-0.05, 0) is 31.9 Å². The van der Waals surface area contributed by atoms with Gasteiger partial charge >= 0.3 is 5.97 Å². The first kappa shape index (κ1) is 14.2. The second-order valence-corrected chi connectivity index (χ2v) is 4.74. The monoisotopic (exact) mass is 276 g/mol. The van der Waals surface area contributed by atoms with Gasteiger partial charge in [-0.15, -0.1) is 0 Å². The minimum atomic E-state index is -1.26. The van der Waals surface area contributed by atoms with Gasteiger partial charge < -0.3 is 5.11 Å². The van der Waals surface area contributed by atoms with Gasteiger partial charge in [0.15, 0.2) is 0 Å². The Bertz CT molecular complexity index is 662. The second-order valence-electron chi connectivity index (χ2n) is 4.74. The van der Waals surface area contributed by atoms with E-state index in [1.165, 1.54) is 6.07 Å². The van der Waals surface area contributed by atoms with Crippen LogP contribution < -0.4 is 0 Å². The molecule has 1 N–H and O–H groups in total. The number of rotatable bonds is 4. The summed E-state index contributed by atoms with van der Waals surface area (Å²) in [6.07, 6.45) is 0.870. The molecule has 20 heavy (non-hydrogen) atoms. The Morgan fingerprint density at radius 3 is 2.65 bits per heavy atom. The van der Waals surface area contributed by atoms with Gasteiger partial charge in [0, 0.05) is 11.3 Å². The molecular weight excluding hydrogens is 259 g/mol. The lowest BCUT2D eigenvalue weighted by Gasteiger charge is -2.08. The molecule has 2 aromatic rings. The summed E-state index contributed by atoms with van der Waals surface area (Å²) in [6, 6.07) is 4.40. The van der Waals surface area contributed by atoms with E-state index in [0.717, 1.165) is 23.4 Å². The van der Waals surface area contributed by atoms with Crippen molar-refractivity contribution in [3.8, 4) is 0 Å². The van der Waals surface area contributed by atoms with Crippen LogP contribution in [0.15, 0.2) is 18.2 Å². The Morgan fingerprint density at radius 1 is 1.40 bits per heavy atom. The lowest BCUT2D eigenvalue weighted by molar-refractivity contribution is 0.0691. The molecule has 0 unspecified atom stereocenters. The van der Waals surface area contributed by atoms with Crippen molar-refractivity contribution in [3.05, 3.63) is 52.1 Å². The highest BCUT2D eigenvalue weighted by molar-refractivity contribution is 5.88. The summed E-state index contributed by atoms with van der Waals surface area (Å²) in [5.41, 5.74) is 3.10. The zero-order chi connectivity index (χ0) is 14.9. The number of hydrogen-bond acceptors (Lipinski definition) is 2. The highest BCUT2D eigenvalue weighted by Crippen LogP contribution is 2.18. The van der Waals surface area contributed by atoms with Gasteiger partial charge in [0.1, 0.15) is 5.82 Å². The molecule has 2 rings (SSSR count). The van der Waals surface area contributed by atoms with Crippen LogP contribution in [0.2, 0.25) is 0 Å². The van der Waals surface area contributed by atoms with Gasteiger partial charge in [-0.3, -0.25) is 4.68 Å². The molecule has 1 heterocycles. The van der Waals surface area contributed by atoms with Crippen molar-refractivity contribution >= 4 is 5.97 Å². The highest BCUT2D eigenvalue weighted by Gasteiger charge is 2.16. The quantitative estimate of drug-likeness (QED) is 0.934. The number of carbonyl (C=O) groups is 1. The second kappa shape index (κ2) is 5.45. The minimum Gasteiger partial charge on any atom is -0.478 e. The number of aromatic nitrogens is 2. The van der Waals surface area contributed by atoms with Crippen LogP contribution in [0.25, 0.3) is 0 Å². The molecule has 5 heteroatoms. The van der Waals surface area contributed by atoms with Crippen LogP contribution in [0.4, 0.5) is 4.39 Å². The number of aromatic carboxylic acids is 1. The summed E-state index contributed by atoms with van der Waals surface area (Å²) >= 11 is 0. The lowest BCUT2D eigenvalue weighted by atomic mass is 10.1. The van der Waals surface area contributed by atoms with Gasteiger partial charge in [0.2, 0.25) is 0 Å². The van der Waals surface area contributed by atoms with Gasteiger partial charge in [-0.1, -0.05) is 19.1 Å². The first-order valence-electron chi connectivity index (χ1n) is 6.49. The van der Waals surface area contributed by atoms with Crippen LogP contribution in [0.5, 0.6) is 0 Å². The summed E-state index contributed by atoms with van der Waals surface area (Å²) < 4.78 is 15.8. The molecule has 0 aliphatic heterocycles. The molecule has 1 aromatic heterocycles. The zero-order valence-electron chi connectivity index (χ0n) is 11.8. The van der Waals surface area contributed by atoms with E-state index in [1.54, 1.807) is 16.8 Å². The summed E-state index contributed by atoms with van der Waals surface area (Å²) in [4.78, 5) is 10.9. The van der Waals surface area contributed by atoms with E-state index in [2.05, 4.69) is 5.10 Å². The molecule has 0 spiro atoms. The van der Waals surface area contributed by atoms with Crippen molar-refractivity contribution in [2.45, 2.75) is 33.7 Å². The van der Waals surface area contributed by atoms with E-state index in [9.17, 15) is 9.18 Å². The number of hydrogen-bond donors (Lipinski definition) is 1. The van der Waals surface area contributed by atoms with Gasteiger partial charge in [-0.25, -0.2) is 9.18 Å². The number of nitrogens with zero attached hydrogens (tertiary/aromatic N) is 2. The molecule has 0 aliphatic rings. The third kappa shape index (κ3) is 2.43. The topological polar surface area (TPSA) is 55.1 Å². The molecule has 0 fully saturated rings. The van der Waals surface area contributed by atoms with Gasteiger partial charge in [-0.2, -0.15) is 5.10 Å². The third-order valence-corrected chi connectivity index (χ3v) is 3.51. The molecule has 4 nitrogen and oxygen atoms in total. The fourth-order valence-corrected chi connectivity index (χ4v) is 2.43. The van der Waals surface area contributed by atoms with Crippen LogP contribution in [0.3, 0.4) is 0 Å². The maximum atomic E-state index is 14.1. The maximum absolute atomic E-state index is 14.1. The van der Waals surface area contributed by atoms with Crippen LogP contribution in [0, 0.1) is 19.7 Å². The average molecular weight is 276 g/mol. The van der Waals surface area contributed by atoms with E-state index < -0.39 is 11.8 Å². The van der Waals surface area contributed by atoms with Crippen molar-refractivity contribution in [1.29, 1.82) is 0 Å². The molecule has 0 aliphatic carbocycles. The van der Waals surface area contributed by atoms with Crippen molar-refractivity contribution in [3.63, 3.8) is 0 Å². The molecule has 0 atom stereocenters. The van der Waals surface area contributed by atoms with Crippen molar-refractivity contribution in [1.82, 2.24) is 9.78 Å². The van der Waals surface area contributed by atoms with E-state index in [4.69, 9.17) is 5.11 Å². The van der Waals surface area contributed by atoms with Gasteiger partial charge in [0.25, 0.3) is 0 Å². The zero-order valence-corrected chi connectivity index (χ0v) is 11.8. The number of benzene rings is 1. The smallest absolute Gasteiger partial charge is 0.338 e. The first-order valence-corrected chi connectivity index (χ1v) is 6.49. The predicted molar refractivity (Wildman–Crippen MR) is 73.5 cm³/mol. The predicted octanol–water partition coefficient (Wildman–Crippen LogP) is 2.95. The highest BCUT2D eigenvalue weighted by atomic mass is 19.1. The Kier molecular flexibility index (Phi) is 3.88. The fourth-order valence-electron chi connectivity index (χ4n) is 2.43. The molecule has 0 saturated carbocycles. The normalized spacial score (nSPS) is 10.8. The van der Waals surface area contributed by atoms with E-state index in [-0.39, 0.29) is 12.1 Å². The molecule has 106 valence electrons. The molecular formula is C15H17FN2O2. The van der Waals surface area contributed by atoms with E-state index in [1.807, 2.05) is 20.8 Å². The van der Waals surface area contributed by atoms with Gasteiger partial charge in [0.05, 0.1) is 17.8 Å². The number of carboxylic acids is 1. The van der Waals surface area contributed by atoms with Crippen LogP contribution in [0.1, 0.15) is 39.8 Å². The largest absolute Gasteiger partial charge is 0.478 e. The fraction of sp³-hybridized carbons (Fsp3) is 0.333. The van der Waals surface area contributed by atoms with Crippen molar-refractivity contribution < 1.29 is 14.3 Å². The Hall–Kier alpha value is -2.17. The molecule has 1 aromatic carbocycles. The first-order chi connectivity index (χ1) is 9.45. The Balaban J connectivity index is 2.41. The Labute approximate surface area is 116 Å². The van der Waals surface area contributed by atoms with Crippen molar-refractivity contribution in [2.75, 3.05) is 0 Å². The SMILES string of the molecule is CCc1c(C)nn(Cc2cccc(C(=O)O)c2F)c1C. The van der Waals surface area contributed by atoms with Crippen molar-refractivity contribution in [2.24, 2.45) is 0 Å². The number of aryl methyl sites for hydroxylation is 1. The van der Waals surface area contributed by atoms with Crippen LogP contribution >= 0.6 is 0 Å².